The van der Waals surface area contributed by atoms with Gasteiger partial charge in [0.2, 0.25) is 0 Å². The van der Waals surface area contributed by atoms with Crippen LogP contribution in [-0.2, 0) is 91.1 Å². The second-order valence-corrected chi connectivity index (χ2v) is 15.9. The number of carbonyl (C=O) groups excluding carboxylic acids is 4. The van der Waals surface area contributed by atoms with Crippen molar-refractivity contribution in [1.29, 1.82) is 0 Å². The molecule has 10 atom stereocenters. The Hall–Kier alpha value is -4.74. The molecule has 2 aliphatic rings. The summed E-state index contributed by atoms with van der Waals surface area (Å²) in [6.07, 6.45) is -5.65. The molecule has 350 valence electrons. The highest BCUT2D eigenvalue weighted by atomic mass is 16.8. The summed E-state index contributed by atoms with van der Waals surface area (Å²) < 4.78 is 68.4. The summed E-state index contributed by atoms with van der Waals surface area (Å²) in [6.45, 7) is 7.45. The highest BCUT2D eigenvalue weighted by Crippen LogP contribution is 2.34. The summed E-state index contributed by atoms with van der Waals surface area (Å²) in [7, 11) is 0. The molecule has 3 aromatic carbocycles. The summed E-state index contributed by atoms with van der Waals surface area (Å²) in [5.74, 6) is -2.77. The van der Waals surface area contributed by atoms with Gasteiger partial charge in [-0.25, -0.2) is 0 Å². The third-order valence-electron chi connectivity index (χ3n) is 10.6. The number of esters is 4. The molecule has 5 rings (SSSR count). The summed E-state index contributed by atoms with van der Waals surface area (Å²) in [5.41, 5.74) is 2.69. The van der Waals surface area contributed by atoms with Crippen molar-refractivity contribution < 1.29 is 71.3 Å². The lowest BCUT2D eigenvalue weighted by Crippen LogP contribution is -2.64. The first-order valence-corrected chi connectivity index (χ1v) is 22.2. The molecule has 0 amide bonds. The number of benzene rings is 3. The van der Waals surface area contributed by atoms with E-state index in [1.807, 2.05) is 91.0 Å². The van der Waals surface area contributed by atoms with Gasteiger partial charge in [0.05, 0.1) is 33.0 Å². The average Bonchev–Trinajstić information content (AvgIpc) is 3.27. The van der Waals surface area contributed by atoms with Crippen molar-refractivity contribution in [2.24, 2.45) is 0 Å². The fourth-order valence-electron chi connectivity index (χ4n) is 7.65. The van der Waals surface area contributed by atoms with Crippen LogP contribution >= 0.6 is 0 Å². The highest BCUT2D eigenvalue weighted by molar-refractivity contribution is 5.68. The van der Waals surface area contributed by atoms with Crippen LogP contribution in [-0.4, -0.2) is 105 Å². The van der Waals surface area contributed by atoms with E-state index in [0.29, 0.717) is 6.42 Å². The lowest BCUT2D eigenvalue weighted by Gasteiger charge is -2.47. The monoisotopic (exact) mass is 892 g/mol. The van der Waals surface area contributed by atoms with Gasteiger partial charge in [0, 0.05) is 34.3 Å². The molecule has 0 bridgehead atoms. The zero-order valence-corrected chi connectivity index (χ0v) is 37.5. The van der Waals surface area contributed by atoms with E-state index < -0.39 is 85.3 Å². The number of carbonyl (C=O) groups is 4. The normalized spacial score (nSPS) is 25.5. The topological polar surface area (TPSA) is 170 Å². The Labute approximate surface area is 376 Å². The Kier molecular flexibility index (Phi) is 21.1. The van der Waals surface area contributed by atoms with E-state index in [4.69, 9.17) is 52.1 Å². The summed E-state index contributed by atoms with van der Waals surface area (Å²) in [4.78, 5) is 50.6. The van der Waals surface area contributed by atoms with Crippen molar-refractivity contribution in [2.45, 2.75) is 154 Å². The number of ether oxygens (including phenoxy) is 11. The summed E-state index contributed by atoms with van der Waals surface area (Å²) in [5, 5.41) is 0. The zero-order valence-electron chi connectivity index (χ0n) is 37.5. The van der Waals surface area contributed by atoms with Crippen LogP contribution < -0.4 is 0 Å². The second kappa shape index (κ2) is 26.9. The van der Waals surface area contributed by atoms with E-state index in [2.05, 4.69) is 6.92 Å². The summed E-state index contributed by atoms with van der Waals surface area (Å²) >= 11 is 0. The molecule has 15 nitrogen and oxygen atoms in total. The minimum absolute atomic E-state index is 0.0230. The molecule has 0 aromatic heterocycles. The Balaban J connectivity index is 1.46. The molecule has 15 heteroatoms. The predicted molar refractivity (Wildman–Crippen MR) is 231 cm³/mol. The van der Waals surface area contributed by atoms with Gasteiger partial charge in [-0.3, -0.25) is 19.2 Å². The molecular formula is C49H64O15. The van der Waals surface area contributed by atoms with E-state index in [-0.39, 0.29) is 39.6 Å². The molecule has 0 N–H and O–H groups in total. The van der Waals surface area contributed by atoms with Crippen LogP contribution in [0.2, 0.25) is 0 Å². The third kappa shape index (κ3) is 16.4. The molecule has 0 aliphatic carbocycles. The summed E-state index contributed by atoms with van der Waals surface area (Å²) in [6, 6.07) is 28.8. The van der Waals surface area contributed by atoms with Gasteiger partial charge < -0.3 is 52.1 Å². The molecule has 2 fully saturated rings. The Morgan fingerprint density at radius 2 is 0.859 bits per heavy atom. The maximum atomic E-state index is 12.9. The van der Waals surface area contributed by atoms with E-state index >= 15 is 0 Å². The van der Waals surface area contributed by atoms with Gasteiger partial charge in [0.25, 0.3) is 0 Å². The van der Waals surface area contributed by atoms with Gasteiger partial charge in [-0.05, 0) is 23.1 Å². The fraction of sp³-hybridized carbons (Fsp3) is 0.551. The van der Waals surface area contributed by atoms with E-state index in [1.54, 1.807) is 0 Å². The lowest BCUT2D eigenvalue weighted by atomic mass is 9.97. The average molecular weight is 893 g/mol. The molecule has 2 saturated heterocycles. The quantitative estimate of drug-likeness (QED) is 0.0487. The van der Waals surface area contributed by atoms with Crippen molar-refractivity contribution in [3.8, 4) is 0 Å². The van der Waals surface area contributed by atoms with Crippen molar-refractivity contribution in [2.75, 3.05) is 19.8 Å². The molecule has 64 heavy (non-hydrogen) atoms. The van der Waals surface area contributed by atoms with Crippen LogP contribution in [0.3, 0.4) is 0 Å². The van der Waals surface area contributed by atoms with Crippen molar-refractivity contribution in [1.82, 2.24) is 0 Å². The van der Waals surface area contributed by atoms with Gasteiger partial charge in [-0.15, -0.1) is 0 Å². The van der Waals surface area contributed by atoms with Gasteiger partial charge in [0.15, 0.2) is 37.0 Å². The van der Waals surface area contributed by atoms with Crippen LogP contribution in [0.1, 0.15) is 89.8 Å². The zero-order chi connectivity index (χ0) is 45.7. The number of hydrogen-bond donors (Lipinski definition) is 0. The Morgan fingerprint density at radius 1 is 0.438 bits per heavy atom. The predicted octanol–water partition coefficient (Wildman–Crippen LogP) is 6.94. The van der Waals surface area contributed by atoms with Gasteiger partial charge >= 0.3 is 23.9 Å². The van der Waals surface area contributed by atoms with Gasteiger partial charge in [0.1, 0.15) is 24.4 Å². The van der Waals surface area contributed by atoms with Gasteiger partial charge in [-0.1, -0.05) is 130 Å². The van der Waals surface area contributed by atoms with Crippen molar-refractivity contribution in [3.05, 3.63) is 108 Å². The van der Waals surface area contributed by atoms with E-state index in [1.165, 1.54) is 27.7 Å². The van der Waals surface area contributed by atoms with Crippen LogP contribution in [0, 0.1) is 0 Å². The van der Waals surface area contributed by atoms with Gasteiger partial charge in [-0.2, -0.15) is 0 Å². The molecule has 0 radical (unpaired) electrons. The molecular weight excluding hydrogens is 829 g/mol. The first kappa shape index (κ1) is 50.3. The Bertz CT molecular complexity index is 1830. The number of unbranched alkanes of at least 4 members (excludes halogenated alkanes) is 5. The molecule has 0 saturated carbocycles. The maximum absolute atomic E-state index is 12.9. The molecule has 3 aromatic rings. The molecule has 0 spiro atoms. The number of rotatable bonds is 25. The lowest BCUT2D eigenvalue weighted by molar-refractivity contribution is -0.341. The maximum Gasteiger partial charge on any atom is 0.303 e. The minimum Gasteiger partial charge on any atom is -0.456 e. The first-order valence-electron chi connectivity index (χ1n) is 22.2. The molecule has 2 heterocycles. The molecule has 0 unspecified atom stereocenters. The highest BCUT2D eigenvalue weighted by Gasteiger charge is 2.54. The first-order chi connectivity index (χ1) is 31.0. The van der Waals surface area contributed by atoms with Crippen LogP contribution in [0.25, 0.3) is 0 Å². The van der Waals surface area contributed by atoms with E-state index in [9.17, 15) is 19.2 Å². The molecule has 2 aliphatic heterocycles. The van der Waals surface area contributed by atoms with Crippen molar-refractivity contribution >= 4 is 23.9 Å². The fourth-order valence-corrected chi connectivity index (χ4v) is 7.65. The number of hydrogen-bond acceptors (Lipinski definition) is 15. The van der Waals surface area contributed by atoms with Crippen molar-refractivity contribution in [3.63, 3.8) is 0 Å². The smallest absolute Gasteiger partial charge is 0.303 e. The van der Waals surface area contributed by atoms with Crippen LogP contribution in [0.4, 0.5) is 0 Å². The largest absolute Gasteiger partial charge is 0.456 e. The SMILES string of the molecule is CCCCCCCCO[C@H]1O[C@H](CO[C@H]2O[C@H](COCc3ccccc3)[C@@H](OCc3ccccc3)[C@H](OCc3ccccc3)[C@@H]2OC(C)=O)[C@@H](OC(C)=O)[C@H](OC(C)=O)[C@@H]1OC(C)=O. The standard InChI is InChI=1S/C49H64O15/c1-6-7-8-9-10-20-27-55-48-47(62-36(5)53)45(60-34(3)51)43(59-33(2)50)41(64-48)32-58-49-46(61-35(4)52)44(57-30-39-25-18-13-19-26-39)42(56-29-38-23-16-12-17-24-38)40(63-49)31-54-28-37-21-14-11-15-22-37/h11-19,21-26,40-49H,6-10,20,27-32H2,1-5H3/t40-,41-,42-,43-,44+,45+,46+,47+,48+,49+/m1/s1. The van der Waals surface area contributed by atoms with Crippen LogP contribution in [0.5, 0.6) is 0 Å². The Morgan fingerprint density at radius 3 is 1.39 bits per heavy atom. The third-order valence-corrected chi connectivity index (χ3v) is 10.6. The van der Waals surface area contributed by atoms with Crippen LogP contribution in [0.15, 0.2) is 91.0 Å². The second-order valence-electron chi connectivity index (χ2n) is 15.9. The minimum atomic E-state index is -1.35. The van der Waals surface area contributed by atoms with E-state index in [0.717, 1.165) is 48.8 Å².